The molecule has 6 nitrogen and oxygen atoms in total. The molecule has 0 saturated carbocycles. The third-order valence-electron chi connectivity index (χ3n) is 3.03. The molecular formula is C11H18N4O2. The summed E-state index contributed by atoms with van der Waals surface area (Å²) in [5, 5.41) is 7.63. The van der Waals surface area contributed by atoms with Crippen LogP contribution in [-0.2, 0) is 11.8 Å². The van der Waals surface area contributed by atoms with Gasteiger partial charge in [0.1, 0.15) is 0 Å². The summed E-state index contributed by atoms with van der Waals surface area (Å²) in [5.41, 5.74) is 0.422. The SMILES string of the molecule is COCC1CCCN(C(=O)c2cn(C)nn2)C1. The zero-order valence-corrected chi connectivity index (χ0v) is 10.3. The Bertz CT molecular complexity index is 389. The van der Waals surface area contributed by atoms with E-state index < -0.39 is 0 Å². The van der Waals surface area contributed by atoms with Crippen molar-refractivity contribution in [3.05, 3.63) is 11.9 Å². The van der Waals surface area contributed by atoms with Crippen LogP contribution in [-0.4, -0.2) is 52.6 Å². The number of amides is 1. The highest BCUT2D eigenvalue weighted by Crippen LogP contribution is 2.18. The molecule has 1 aliphatic rings. The van der Waals surface area contributed by atoms with Gasteiger partial charge in [0.2, 0.25) is 0 Å². The highest BCUT2D eigenvalue weighted by atomic mass is 16.5. The molecule has 1 aromatic rings. The van der Waals surface area contributed by atoms with Crippen LogP contribution < -0.4 is 0 Å². The highest BCUT2D eigenvalue weighted by molar-refractivity contribution is 5.91. The van der Waals surface area contributed by atoms with Crippen LogP contribution in [0.3, 0.4) is 0 Å². The van der Waals surface area contributed by atoms with Crippen molar-refractivity contribution in [1.29, 1.82) is 0 Å². The minimum atomic E-state index is -0.0288. The van der Waals surface area contributed by atoms with Crippen molar-refractivity contribution in [3.63, 3.8) is 0 Å². The topological polar surface area (TPSA) is 60.2 Å². The van der Waals surface area contributed by atoms with E-state index in [1.54, 1.807) is 25.0 Å². The Hall–Kier alpha value is -1.43. The Balaban J connectivity index is 1.99. The van der Waals surface area contributed by atoms with Crippen LogP contribution in [0.25, 0.3) is 0 Å². The molecule has 0 spiro atoms. The van der Waals surface area contributed by atoms with Gasteiger partial charge in [-0.1, -0.05) is 5.21 Å². The lowest BCUT2D eigenvalue weighted by Gasteiger charge is -2.31. The number of aromatic nitrogens is 3. The third-order valence-corrected chi connectivity index (χ3v) is 3.03. The lowest BCUT2D eigenvalue weighted by Crippen LogP contribution is -2.41. The number of nitrogens with zero attached hydrogens (tertiary/aromatic N) is 4. The average Bonchev–Trinajstić information content (AvgIpc) is 2.76. The predicted octanol–water partition coefficient (Wildman–Crippen LogP) is 0.314. The fourth-order valence-electron chi connectivity index (χ4n) is 2.23. The number of hydrogen-bond donors (Lipinski definition) is 0. The number of aryl methyl sites for hydroxylation is 1. The van der Waals surface area contributed by atoms with Gasteiger partial charge >= 0.3 is 0 Å². The Morgan fingerprint density at radius 2 is 2.47 bits per heavy atom. The minimum absolute atomic E-state index is 0.0288. The molecule has 2 heterocycles. The summed E-state index contributed by atoms with van der Waals surface area (Å²) in [6, 6.07) is 0. The lowest BCUT2D eigenvalue weighted by molar-refractivity contribution is 0.0565. The van der Waals surface area contributed by atoms with Crippen LogP contribution in [0.1, 0.15) is 23.3 Å². The number of hydrogen-bond acceptors (Lipinski definition) is 4. The molecule has 1 fully saturated rings. The van der Waals surface area contributed by atoms with Crippen molar-refractivity contribution in [3.8, 4) is 0 Å². The molecule has 6 heteroatoms. The number of piperidine rings is 1. The zero-order valence-electron chi connectivity index (χ0n) is 10.3. The lowest BCUT2D eigenvalue weighted by atomic mass is 9.99. The summed E-state index contributed by atoms with van der Waals surface area (Å²) < 4.78 is 6.69. The smallest absolute Gasteiger partial charge is 0.276 e. The summed E-state index contributed by atoms with van der Waals surface area (Å²) in [7, 11) is 3.46. The second kappa shape index (κ2) is 5.27. The molecular weight excluding hydrogens is 220 g/mol. The average molecular weight is 238 g/mol. The summed E-state index contributed by atoms with van der Waals surface area (Å²) in [6.07, 6.45) is 3.81. The molecule has 2 rings (SSSR count). The van der Waals surface area contributed by atoms with E-state index in [0.717, 1.165) is 25.9 Å². The summed E-state index contributed by atoms with van der Waals surface area (Å²) in [5.74, 6) is 0.410. The van der Waals surface area contributed by atoms with Crippen molar-refractivity contribution in [2.45, 2.75) is 12.8 Å². The van der Waals surface area contributed by atoms with E-state index in [-0.39, 0.29) is 5.91 Å². The summed E-state index contributed by atoms with van der Waals surface area (Å²) in [4.78, 5) is 14.0. The molecule has 1 atom stereocenters. The van der Waals surface area contributed by atoms with Gasteiger partial charge in [-0.2, -0.15) is 0 Å². The van der Waals surface area contributed by atoms with Gasteiger partial charge in [-0.25, -0.2) is 0 Å². The monoisotopic (exact) mass is 238 g/mol. The Morgan fingerprint density at radius 3 is 3.12 bits per heavy atom. The van der Waals surface area contributed by atoms with Crippen molar-refractivity contribution >= 4 is 5.91 Å². The number of rotatable bonds is 3. The molecule has 0 aliphatic carbocycles. The Kier molecular flexibility index (Phi) is 3.73. The molecule has 0 radical (unpaired) electrons. The van der Waals surface area contributed by atoms with Gasteiger partial charge in [0.25, 0.3) is 5.91 Å². The molecule has 1 aromatic heterocycles. The van der Waals surface area contributed by atoms with Crippen LogP contribution in [0.5, 0.6) is 0 Å². The maximum absolute atomic E-state index is 12.1. The zero-order chi connectivity index (χ0) is 12.3. The van der Waals surface area contributed by atoms with E-state index >= 15 is 0 Å². The molecule has 1 aliphatic heterocycles. The molecule has 1 unspecified atom stereocenters. The van der Waals surface area contributed by atoms with Crippen molar-refractivity contribution < 1.29 is 9.53 Å². The van der Waals surface area contributed by atoms with Crippen LogP contribution in [0.2, 0.25) is 0 Å². The highest BCUT2D eigenvalue weighted by Gasteiger charge is 2.25. The number of methoxy groups -OCH3 is 1. The third kappa shape index (κ3) is 2.82. The first-order chi connectivity index (χ1) is 8.20. The fraction of sp³-hybridized carbons (Fsp3) is 0.727. The number of likely N-dealkylation sites (tertiary alicyclic amines) is 1. The largest absolute Gasteiger partial charge is 0.384 e. The number of ether oxygens (including phenoxy) is 1. The van der Waals surface area contributed by atoms with E-state index in [2.05, 4.69) is 10.3 Å². The van der Waals surface area contributed by atoms with Crippen molar-refractivity contribution in [2.75, 3.05) is 26.8 Å². The second-order valence-corrected chi connectivity index (χ2v) is 4.49. The molecule has 17 heavy (non-hydrogen) atoms. The molecule has 0 aromatic carbocycles. The molecule has 0 bridgehead atoms. The first-order valence-corrected chi connectivity index (χ1v) is 5.85. The molecule has 94 valence electrons. The Morgan fingerprint density at radius 1 is 1.65 bits per heavy atom. The molecule has 1 amide bonds. The van der Waals surface area contributed by atoms with Crippen LogP contribution in [0.15, 0.2) is 6.20 Å². The van der Waals surface area contributed by atoms with Gasteiger partial charge in [0, 0.05) is 27.2 Å². The van der Waals surface area contributed by atoms with Gasteiger partial charge in [-0.3, -0.25) is 9.48 Å². The predicted molar refractivity (Wildman–Crippen MR) is 61.5 cm³/mol. The van der Waals surface area contributed by atoms with Crippen molar-refractivity contribution in [2.24, 2.45) is 13.0 Å². The van der Waals surface area contributed by atoms with Crippen LogP contribution >= 0.6 is 0 Å². The van der Waals surface area contributed by atoms with E-state index in [1.807, 2.05) is 4.90 Å². The number of carbonyl (C=O) groups is 1. The number of carbonyl (C=O) groups excluding carboxylic acids is 1. The van der Waals surface area contributed by atoms with E-state index in [4.69, 9.17) is 4.74 Å². The maximum Gasteiger partial charge on any atom is 0.276 e. The molecule has 0 N–H and O–H groups in total. The molecule has 1 saturated heterocycles. The summed E-state index contributed by atoms with van der Waals surface area (Å²) in [6.45, 7) is 2.27. The van der Waals surface area contributed by atoms with E-state index in [1.165, 1.54) is 0 Å². The first-order valence-electron chi connectivity index (χ1n) is 5.85. The minimum Gasteiger partial charge on any atom is -0.384 e. The van der Waals surface area contributed by atoms with Gasteiger partial charge in [-0.15, -0.1) is 5.10 Å². The van der Waals surface area contributed by atoms with Crippen molar-refractivity contribution in [1.82, 2.24) is 19.9 Å². The first kappa shape index (κ1) is 12.0. The fourth-order valence-corrected chi connectivity index (χ4v) is 2.23. The van der Waals surface area contributed by atoms with Crippen LogP contribution in [0.4, 0.5) is 0 Å². The maximum atomic E-state index is 12.1. The van der Waals surface area contributed by atoms with Gasteiger partial charge in [-0.05, 0) is 18.8 Å². The van der Waals surface area contributed by atoms with Crippen LogP contribution in [0, 0.1) is 5.92 Å². The van der Waals surface area contributed by atoms with Gasteiger partial charge < -0.3 is 9.64 Å². The van der Waals surface area contributed by atoms with E-state index in [0.29, 0.717) is 18.2 Å². The van der Waals surface area contributed by atoms with Gasteiger partial charge in [0.05, 0.1) is 12.8 Å². The van der Waals surface area contributed by atoms with E-state index in [9.17, 15) is 4.79 Å². The summed E-state index contributed by atoms with van der Waals surface area (Å²) >= 11 is 0. The Labute approximate surface area is 101 Å². The normalized spacial score (nSPS) is 20.6. The standard InChI is InChI=1S/C11H18N4O2/c1-14-7-10(12-13-14)11(16)15-5-3-4-9(6-15)8-17-2/h7,9H,3-6,8H2,1-2H3. The quantitative estimate of drug-likeness (QED) is 0.760. The van der Waals surface area contributed by atoms with Gasteiger partial charge in [0.15, 0.2) is 5.69 Å². The second-order valence-electron chi connectivity index (χ2n) is 4.49.